The number of hydrogen-bond acceptors (Lipinski definition) is 5. The van der Waals surface area contributed by atoms with E-state index in [1.807, 2.05) is 7.05 Å². The SMILES string of the molecule is CNCC(C)S(=O)(=O)NN1CCN(C)CC1. The van der Waals surface area contributed by atoms with Gasteiger partial charge < -0.3 is 10.2 Å². The van der Waals surface area contributed by atoms with Crippen LogP contribution in [0.15, 0.2) is 0 Å². The van der Waals surface area contributed by atoms with Gasteiger partial charge in [-0.05, 0) is 21.0 Å². The van der Waals surface area contributed by atoms with Crippen molar-refractivity contribution in [3.8, 4) is 0 Å². The van der Waals surface area contributed by atoms with Crippen molar-refractivity contribution in [1.29, 1.82) is 0 Å². The first-order chi connectivity index (χ1) is 7.45. The Morgan fingerprint density at radius 3 is 2.31 bits per heavy atom. The lowest BCUT2D eigenvalue weighted by Gasteiger charge is -2.32. The van der Waals surface area contributed by atoms with Gasteiger partial charge in [0.2, 0.25) is 10.0 Å². The van der Waals surface area contributed by atoms with Crippen LogP contribution in [0.5, 0.6) is 0 Å². The molecule has 96 valence electrons. The Kier molecular flexibility index (Phi) is 5.13. The minimum absolute atomic E-state index is 0.419. The van der Waals surface area contributed by atoms with Crippen molar-refractivity contribution < 1.29 is 8.42 Å². The van der Waals surface area contributed by atoms with E-state index in [2.05, 4.69) is 15.0 Å². The fourth-order valence-corrected chi connectivity index (χ4v) is 2.67. The van der Waals surface area contributed by atoms with E-state index in [4.69, 9.17) is 0 Å². The number of rotatable bonds is 5. The number of piperazine rings is 1. The second kappa shape index (κ2) is 5.92. The lowest BCUT2D eigenvalue weighted by Crippen LogP contribution is -2.54. The zero-order chi connectivity index (χ0) is 12.2. The Morgan fingerprint density at radius 1 is 1.25 bits per heavy atom. The Balaban J connectivity index is 2.46. The summed E-state index contributed by atoms with van der Waals surface area (Å²) >= 11 is 0. The molecule has 0 spiro atoms. The van der Waals surface area contributed by atoms with Crippen molar-refractivity contribution in [3.63, 3.8) is 0 Å². The van der Waals surface area contributed by atoms with Gasteiger partial charge in [0.15, 0.2) is 0 Å². The number of hydrogen-bond donors (Lipinski definition) is 2. The number of sulfonamides is 1. The fourth-order valence-electron chi connectivity index (χ4n) is 1.56. The van der Waals surface area contributed by atoms with Gasteiger partial charge in [-0.1, -0.05) is 0 Å². The standard InChI is InChI=1S/C9H22N4O2S/c1-9(8-10-2)16(14,15)11-13-6-4-12(3)5-7-13/h9-11H,4-8H2,1-3H3. The summed E-state index contributed by atoms with van der Waals surface area (Å²) in [5.74, 6) is 0. The molecule has 0 aliphatic carbocycles. The van der Waals surface area contributed by atoms with Crippen molar-refractivity contribution >= 4 is 10.0 Å². The molecule has 0 radical (unpaired) electrons. The second-order valence-electron chi connectivity index (χ2n) is 4.29. The van der Waals surface area contributed by atoms with E-state index in [9.17, 15) is 8.42 Å². The summed E-state index contributed by atoms with van der Waals surface area (Å²) in [4.78, 5) is 4.82. The highest BCUT2D eigenvalue weighted by Gasteiger charge is 2.24. The zero-order valence-electron chi connectivity index (χ0n) is 10.2. The molecule has 0 aromatic rings. The Morgan fingerprint density at radius 2 is 1.81 bits per heavy atom. The maximum Gasteiger partial charge on any atom is 0.228 e. The van der Waals surface area contributed by atoms with E-state index >= 15 is 0 Å². The van der Waals surface area contributed by atoms with Crippen LogP contribution in [0.4, 0.5) is 0 Å². The van der Waals surface area contributed by atoms with Gasteiger partial charge in [-0.3, -0.25) is 0 Å². The highest BCUT2D eigenvalue weighted by molar-refractivity contribution is 7.90. The summed E-state index contributed by atoms with van der Waals surface area (Å²) in [6.07, 6.45) is 0. The first-order valence-electron chi connectivity index (χ1n) is 5.55. The molecule has 7 heteroatoms. The van der Waals surface area contributed by atoms with Crippen molar-refractivity contribution in [1.82, 2.24) is 20.1 Å². The molecular weight excluding hydrogens is 228 g/mol. The first kappa shape index (κ1) is 13.9. The van der Waals surface area contributed by atoms with Crippen LogP contribution in [0.2, 0.25) is 0 Å². The molecule has 1 saturated heterocycles. The van der Waals surface area contributed by atoms with E-state index in [0.717, 1.165) is 26.2 Å². The lowest BCUT2D eigenvalue weighted by molar-refractivity contribution is 0.134. The molecule has 0 bridgehead atoms. The smallest absolute Gasteiger partial charge is 0.228 e. The van der Waals surface area contributed by atoms with E-state index in [0.29, 0.717) is 6.54 Å². The molecule has 16 heavy (non-hydrogen) atoms. The summed E-state index contributed by atoms with van der Waals surface area (Å²) in [6.45, 7) is 5.42. The van der Waals surface area contributed by atoms with Crippen LogP contribution in [-0.4, -0.2) is 70.4 Å². The maximum absolute atomic E-state index is 11.9. The number of likely N-dealkylation sites (N-methyl/N-ethyl adjacent to an activating group) is 1. The first-order valence-corrected chi connectivity index (χ1v) is 7.09. The van der Waals surface area contributed by atoms with Crippen molar-refractivity contribution in [2.75, 3.05) is 46.8 Å². The average molecular weight is 250 g/mol. The molecule has 1 aliphatic rings. The summed E-state index contributed by atoms with van der Waals surface area (Å²) < 4.78 is 23.7. The minimum atomic E-state index is -3.24. The van der Waals surface area contributed by atoms with Gasteiger partial charge >= 0.3 is 0 Å². The van der Waals surface area contributed by atoms with Crippen LogP contribution in [0.3, 0.4) is 0 Å². The van der Waals surface area contributed by atoms with Gasteiger partial charge in [-0.15, -0.1) is 4.83 Å². The summed E-state index contributed by atoms with van der Waals surface area (Å²) in [7, 11) is 0.544. The Bertz CT molecular complexity index is 299. The minimum Gasteiger partial charge on any atom is -0.318 e. The van der Waals surface area contributed by atoms with Gasteiger partial charge in [0.25, 0.3) is 0 Å². The van der Waals surface area contributed by atoms with E-state index in [-0.39, 0.29) is 0 Å². The maximum atomic E-state index is 11.9. The molecule has 0 aromatic carbocycles. The quantitative estimate of drug-likeness (QED) is 0.633. The molecule has 6 nitrogen and oxygen atoms in total. The number of nitrogens with zero attached hydrogens (tertiary/aromatic N) is 2. The van der Waals surface area contributed by atoms with E-state index in [1.165, 1.54) is 0 Å². The lowest BCUT2D eigenvalue weighted by atomic mass is 10.4. The average Bonchev–Trinajstić information content (AvgIpc) is 2.21. The van der Waals surface area contributed by atoms with Crippen LogP contribution in [0.25, 0.3) is 0 Å². The number of nitrogens with one attached hydrogen (secondary N) is 2. The van der Waals surface area contributed by atoms with Crippen LogP contribution in [0, 0.1) is 0 Å². The second-order valence-corrected chi connectivity index (χ2v) is 6.37. The predicted molar refractivity (Wildman–Crippen MR) is 64.5 cm³/mol. The van der Waals surface area contributed by atoms with Crippen molar-refractivity contribution in [2.45, 2.75) is 12.2 Å². The normalized spacial score (nSPS) is 22.2. The van der Waals surface area contributed by atoms with Crippen LogP contribution in [-0.2, 0) is 10.0 Å². The van der Waals surface area contributed by atoms with Crippen molar-refractivity contribution in [2.24, 2.45) is 0 Å². The molecular formula is C9H22N4O2S. The van der Waals surface area contributed by atoms with Crippen LogP contribution >= 0.6 is 0 Å². The topological polar surface area (TPSA) is 64.7 Å². The van der Waals surface area contributed by atoms with Crippen LogP contribution < -0.4 is 10.1 Å². The largest absolute Gasteiger partial charge is 0.318 e. The monoisotopic (exact) mass is 250 g/mol. The summed E-state index contributed by atoms with van der Waals surface area (Å²) in [5, 5.41) is 4.23. The third-order valence-electron chi connectivity index (χ3n) is 2.78. The van der Waals surface area contributed by atoms with Gasteiger partial charge in [0.05, 0.1) is 5.25 Å². The molecule has 1 heterocycles. The molecule has 1 fully saturated rings. The third kappa shape index (κ3) is 3.99. The predicted octanol–water partition coefficient (Wildman–Crippen LogP) is -1.32. The van der Waals surface area contributed by atoms with Gasteiger partial charge in [-0.25, -0.2) is 13.4 Å². The van der Waals surface area contributed by atoms with Gasteiger partial charge in [0, 0.05) is 32.7 Å². The molecule has 1 aliphatic heterocycles. The van der Waals surface area contributed by atoms with Crippen molar-refractivity contribution in [3.05, 3.63) is 0 Å². The Hall–Kier alpha value is -0.210. The summed E-state index contributed by atoms with van der Waals surface area (Å²) in [6, 6.07) is 0. The van der Waals surface area contributed by atoms with E-state index < -0.39 is 15.3 Å². The Labute approximate surface area is 98.0 Å². The number of hydrazine groups is 1. The molecule has 0 amide bonds. The fraction of sp³-hybridized carbons (Fsp3) is 1.00. The highest BCUT2D eigenvalue weighted by Crippen LogP contribution is 2.01. The molecule has 0 aromatic heterocycles. The summed E-state index contributed by atoms with van der Waals surface area (Å²) in [5.41, 5.74) is 0. The molecule has 1 unspecified atom stereocenters. The highest BCUT2D eigenvalue weighted by atomic mass is 32.2. The molecule has 1 atom stereocenters. The zero-order valence-corrected chi connectivity index (χ0v) is 11.0. The van der Waals surface area contributed by atoms with Crippen LogP contribution in [0.1, 0.15) is 6.92 Å². The molecule has 0 saturated carbocycles. The third-order valence-corrected chi connectivity index (χ3v) is 4.52. The van der Waals surface area contributed by atoms with Gasteiger partial charge in [0.1, 0.15) is 0 Å². The van der Waals surface area contributed by atoms with E-state index in [1.54, 1.807) is 19.0 Å². The molecule has 2 N–H and O–H groups in total. The van der Waals surface area contributed by atoms with Gasteiger partial charge in [-0.2, -0.15) is 0 Å². The molecule has 1 rings (SSSR count).